The van der Waals surface area contributed by atoms with E-state index in [-0.39, 0.29) is 23.6 Å². The SMILES string of the molecule is Cc1nn(-c2ccc(F)cc2)c(C)c1CC(=O)Nc1cc(C(C)(C)C)nn1-c1ncccn1. The topological polar surface area (TPSA) is 90.5 Å². The normalized spacial score (nSPS) is 11.6. The van der Waals surface area contributed by atoms with Crippen molar-refractivity contribution >= 4 is 11.7 Å². The molecule has 4 aromatic rings. The quantitative estimate of drug-likeness (QED) is 0.498. The molecule has 4 rings (SSSR count). The zero-order valence-corrected chi connectivity index (χ0v) is 19.3. The van der Waals surface area contributed by atoms with Crippen molar-refractivity contribution in [2.75, 3.05) is 5.32 Å². The molecule has 0 saturated heterocycles. The molecule has 170 valence electrons. The summed E-state index contributed by atoms with van der Waals surface area (Å²) in [5.41, 5.74) is 3.70. The lowest BCUT2D eigenvalue weighted by Gasteiger charge is -2.13. The summed E-state index contributed by atoms with van der Waals surface area (Å²) < 4.78 is 16.6. The summed E-state index contributed by atoms with van der Waals surface area (Å²) in [5.74, 6) is 0.350. The summed E-state index contributed by atoms with van der Waals surface area (Å²) in [7, 11) is 0. The molecule has 3 aromatic heterocycles. The minimum Gasteiger partial charge on any atom is -0.310 e. The van der Waals surface area contributed by atoms with Gasteiger partial charge in [0.15, 0.2) is 0 Å². The number of aryl methyl sites for hydroxylation is 1. The predicted octanol–water partition coefficient (Wildman–Crippen LogP) is 4.08. The van der Waals surface area contributed by atoms with Gasteiger partial charge < -0.3 is 5.32 Å². The Morgan fingerprint density at radius 3 is 2.33 bits per heavy atom. The molecule has 3 heterocycles. The number of anilines is 1. The van der Waals surface area contributed by atoms with Crippen LogP contribution in [0.25, 0.3) is 11.6 Å². The van der Waals surface area contributed by atoms with E-state index in [0.29, 0.717) is 11.8 Å². The molecule has 8 nitrogen and oxygen atoms in total. The predicted molar refractivity (Wildman–Crippen MR) is 123 cm³/mol. The van der Waals surface area contributed by atoms with E-state index < -0.39 is 0 Å². The Labute approximate surface area is 191 Å². The van der Waals surface area contributed by atoms with Crippen molar-refractivity contribution in [1.82, 2.24) is 29.5 Å². The molecule has 0 aliphatic rings. The van der Waals surface area contributed by atoms with Gasteiger partial charge in [0.1, 0.15) is 11.6 Å². The van der Waals surface area contributed by atoms with Crippen molar-refractivity contribution in [2.45, 2.75) is 46.5 Å². The number of rotatable bonds is 5. The molecule has 0 unspecified atom stereocenters. The number of aromatic nitrogens is 6. The number of nitrogens with zero attached hydrogens (tertiary/aromatic N) is 6. The second-order valence-electron chi connectivity index (χ2n) is 8.89. The molecule has 0 atom stereocenters. The first-order valence-corrected chi connectivity index (χ1v) is 10.6. The fourth-order valence-corrected chi connectivity index (χ4v) is 3.50. The molecule has 0 aliphatic heterocycles. The Balaban J connectivity index is 1.61. The van der Waals surface area contributed by atoms with E-state index in [1.165, 1.54) is 12.1 Å². The summed E-state index contributed by atoms with van der Waals surface area (Å²) in [6.45, 7) is 9.90. The van der Waals surface area contributed by atoms with Gasteiger partial charge in [-0.25, -0.2) is 19.0 Å². The summed E-state index contributed by atoms with van der Waals surface area (Å²) in [4.78, 5) is 21.6. The van der Waals surface area contributed by atoms with Crippen LogP contribution in [0.15, 0.2) is 48.8 Å². The zero-order chi connectivity index (χ0) is 23.8. The van der Waals surface area contributed by atoms with Crippen molar-refractivity contribution < 1.29 is 9.18 Å². The molecule has 0 spiro atoms. The first kappa shape index (κ1) is 22.3. The first-order chi connectivity index (χ1) is 15.6. The van der Waals surface area contributed by atoms with Crippen LogP contribution in [0.5, 0.6) is 0 Å². The smallest absolute Gasteiger partial charge is 0.252 e. The van der Waals surface area contributed by atoms with Gasteiger partial charge in [0.25, 0.3) is 5.95 Å². The van der Waals surface area contributed by atoms with E-state index in [2.05, 4.69) is 25.5 Å². The van der Waals surface area contributed by atoms with E-state index in [1.54, 1.807) is 40.0 Å². The van der Waals surface area contributed by atoms with E-state index in [4.69, 9.17) is 0 Å². The van der Waals surface area contributed by atoms with Crippen LogP contribution in [0.3, 0.4) is 0 Å². The summed E-state index contributed by atoms with van der Waals surface area (Å²) in [6, 6.07) is 9.65. The molecule has 1 amide bonds. The van der Waals surface area contributed by atoms with Gasteiger partial charge in [0.2, 0.25) is 5.91 Å². The van der Waals surface area contributed by atoms with E-state index in [9.17, 15) is 9.18 Å². The lowest BCUT2D eigenvalue weighted by Crippen LogP contribution is -2.18. The number of benzene rings is 1. The monoisotopic (exact) mass is 447 g/mol. The van der Waals surface area contributed by atoms with Crippen LogP contribution >= 0.6 is 0 Å². The van der Waals surface area contributed by atoms with E-state index in [0.717, 1.165) is 28.3 Å². The number of hydrogen-bond donors (Lipinski definition) is 1. The number of halogens is 1. The van der Waals surface area contributed by atoms with Crippen LogP contribution in [-0.4, -0.2) is 35.4 Å². The van der Waals surface area contributed by atoms with Gasteiger partial charge in [0, 0.05) is 35.1 Å². The van der Waals surface area contributed by atoms with Gasteiger partial charge in [-0.1, -0.05) is 20.8 Å². The van der Waals surface area contributed by atoms with Crippen LogP contribution in [0, 0.1) is 19.7 Å². The third kappa shape index (κ3) is 4.67. The van der Waals surface area contributed by atoms with Crippen molar-refractivity contribution in [1.29, 1.82) is 0 Å². The average molecular weight is 448 g/mol. The fraction of sp³-hybridized carbons (Fsp3) is 0.292. The first-order valence-electron chi connectivity index (χ1n) is 10.6. The lowest BCUT2D eigenvalue weighted by atomic mass is 9.92. The third-order valence-corrected chi connectivity index (χ3v) is 5.34. The van der Waals surface area contributed by atoms with Gasteiger partial charge in [-0.05, 0) is 44.2 Å². The maximum absolute atomic E-state index is 13.3. The third-order valence-electron chi connectivity index (χ3n) is 5.34. The Morgan fingerprint density at radius 1 is 1.03 bits per heavy atom. The molecule has 0 bridgehead atoms. The zero-order valence-electron chi connectivity index (χ0n) is 19.3. The highest BCUT2D eigenvalue weighted by atomic mass is 19.1. The maximum Gasteiger partial charge on any atom is 0.252 e. The molecule has 1 aromatic carbocycles. The molecule has 0 aliphatic carbocycles. The maximum atomic E-state index is 13.3. The summed E-state index contributed by atoms with van der Waals surface area (Å²) in [6.07, 6.45) is 3.39. The molecule has 33 heavy (non-hydrogen) atoms. The number of hydrogen-bond acceptors (Lipinski definition) is 5. The second kappa shape index (κ2) is 8.57. The van der Waals surface area contributed by atoms with E-state index in [1.807, 2.05) is 40.7 Å². The van der Waals surface area contributed by atoms with Gasteiger partial charge in [-0.2, -0.15) is 14.9 Å². The van der Waals surface area contributed by atoms with Gasteiger partial charge >= 0.3 is 0 Å². The number of nitrogens with one attached hydrogen (secondary N) is 1. The molecular formula is C24H26FN7O. The Hall–Kier alpha value is -3.88. The van der Waals surface area contributed by atoms with Crippen molar-refractivity contribution in [3.05, 3.63) is 77.3 Å². The molecule has 9 heteroatoms. The van der Waals surface area contributed by atoms with Crippen molar-refractivity contribution in [2.24, 2.45) is 0 Å². The second-order valence-corrected chi connectivity index (χ2v) is 8.89. The Morgan fingerprint density at radius 2 is 1.70 bits per heavy atom. The standard InChI is InChI=1S/C24H26FN7O/c1-15-19(16(2)31(29-15)18-9-7-17(25)8-10-18)13-22(33)28-21-14-20(24(3,4)5)30-32(21)23-26-11-6-12-27-23/h6-12,14H,13H2,1-5H3,(H,28,33). The van der Waals surface area contributed by atoms with Crippen LogP contribution in [0.4, 0.5) is 10.2 Å². The van der Waals surface area contributed by atoms with Crippen molar-refractivity contribution in [3.8, 4) is 11.6 Å². The Kier molecular flexibility index (Phi) is 5.80. The number of amides is 1. The number of carbonyl (C=O) groups is 1. The van der Waals surface area contributed by atoms with Crippen LogP contribution in [0.1, 0.15) is 43.4 Å². The van der Waals surface area contributed by atoms with Crippen LogP contribution in [0.2, 0.25) is 0 Å². The molecule has 0 saturated carbocycles. The Bertz CT molecular complexity index is 1290. The average Bonchev–Trinajstić information content (AvgIpc) is 3.31. The largest absolute Gasteiger partial charge is 0.310 e. The molecule has 1 N–H and O–H groups in total. The number of carbonyl (C=O) groups excluding carboxylic acids is 1. The highest BCUT2D eigenvalue weighted by molar-refractivity contribution is 5.92. The molecule has 0 fully saturated rings. The van der Waals surface area contributed by atoms with E-state index >= 15 is 0 Å². The van der Waals surface area contributed by atoms with Crippen LogP contribution in [-0.2, 0) is 16.6 Å². The highest BCUT2D eigenvalue weighted by Crippen LogP contribution is 2.26. The van der Waals surface area contributed by atoms with Crippen molar-refractivity contribution in [3.63, 3.8) is 0 Å². The molecule has 0 radical (unpaired) electrons. The van der Waals surface area contributed by atoms with Gasteiger partial charge in [-0.15, -0.1) is 0 Å². The summed E-state index contributed by atoms with van der Waals surface area (Å²) >= 11 is 0. The minimum absolute atomic E-state index is 0.130. The van der Waals surface area contributed by atoms with Gasteiger partial charge in [-0.3, -0.25) is 4.79 Å². The summed E-state index contributed by atoms with van der Waals surface area (Å²) in [5, 5.41) is 12.1. The molecular weight excluding hydrogens is 421 g/mol. The van der Waals surface area contributed by atoms with Gasteiger partial charge in [0.05, 0.1) is 23.5 Å². The lowest BCUT2D eigenvalue weighted by molar-refractivity contribution is -0.115. The highest BCUT2D eigenvalue weighted by Gasteiger charge is 2.23. The van der Waals surface area contributed by atoms with Crippen LogP contribution < -0.4 is 5.32 Å². The fourth-order valence-electron chi connectivity index (χ4n) is 3.50. The minimum atomic E-state index is -0.312.